The lowest BCUT2D eigenvalue weighted by molar-refractivity contribution is 0.466. The number of halogens is 2. The highest BCUT2D eigenvalue weighted by molar-refractivity contribution is 9.10. The van der Waals surface area contributed by atoms with Gasteiger partial charge in [-0.3, -0.25) is 0 Å². The van der Waals surface area contributed by atoms with E-state index in [9.17, 15) is 4.39 Å². The number of rotatable bonds is 4. The number of nitrogens with zero attached hydrogens (tertiary/aromatic N) is 2. The van der Waals surface area contributed by atoms with E-state index in [0.717, 1.165) is 15.6 Å². The van der Waals surface area contributed by atoms with Gasteiger partial charge in [-0.2, -0.15) is 0 Å². The summed E-state index contributed by atoms with van der Waals surface area (Å²) in [6.07, 6.45) is 0. The van der Waals surface area contributed by atoms with Crippen LogP contribution in [0.5, 0.6) is 0 Å². The molecule has 6 heteroatoms. The van der Waals surface area contributed by atoms with Crippen LogP contribution in [0.2, 0.25) is 0 Å². The monoisotopic (exact) mass is 378 g/mol. The second-order valence-corrected chi connectivity index (χ2v) is 6.54. The number of benzene rings is 2. The summed E-state index contributed by atoms with van der Waals surface area (Å²) in [7, 11) is 0. The molecule has 0 amide bonds. The maximum absolute atomic E-state index is 13.1. The average molecular weight is 379 g/mol. The zero-order valence-corrected chi connectivity index (χ0v) is 14.1. The highest BCUT2D eigenvalue weighted by Crippen LogP contribution is 2.28. The van der Waals surface area contributed by atoms with Crippen LogP contribution in [0.15, 0.2) is 56.6 Å². The Labute approximate surface area is 140 Å². The molecule has 1 aromatic heterocycles. The Bertz CT molecular complexity index is 789. The fraction of sp³-hybridized carbons (Fsp3) is 0.125. The summed E-state index contributed by atoms with van der Waals surface area (Å²) in [6, 6.07) is 12.5. The smallest absolute Gasteiger partial charge is 0.277 e. The molecule has 0 spiro atoms. The van der Waals surface area contributed by atoms with Crippen molar-refractivity contribution in [1.82, 2.24) is 10.2 Å². The third-order valence-electron chi connectivity index (χ3n) is 3.07. The predicted molar refractivity (Wildman–Crippen MR) is 88.1 cm³/mol. The van der Waals surface area contributed by atoms with Crippen molar-refractivity contribution in [1.29, 1.82) is 0 Å². The third-order valence-corrected chi connectivity index (χ3v) is 4.68. The molecule has 0 aliphatic carbocycles. The van der Waals surface area contributed by atoms with E-state index in [1.165, 1.54) is 29.5 Å². The molecule has 0 atom stereocenters. The zero-order valence-electron chi connectivity index (χ0n) is 11.7. The van der Waals surface area contributed by atoms with Gasteiger partial charge < -0.3 is 4.42 Å². The Kier molecular flexibility index (Phi) is 4.59. The van der Waals surface area contributed by atoms with Gasteiger partial charge in [0.25, 0.3) is 5.22 Å². The van der Waals surface area contributed by atoms with Gasteiger partial charge in [0.2, 0.25) is 5.89 Å². The van der Waals surface area contributed by atoms with Crippen LogP contribution in [0.3, 0.4) is 0 Å². The summed E-state index contributed by atoms with van der Waals surface area (Å²) in [6.45, 7) is 2.03. The molecule has 3 aromatic rings. The van der Waals surface area contributed by atoms with E-state index in [0.29, 0.717) is 16.9 Å². The molecular weight excluding hydrogens is 367 g/mol. The zero-order chi connectivity index (χ0) is 15.5. The van der Waals surface area contributed by atoms with Crippen molar-refractivity contribution in [2.24, 2.45) is 0 Å². The lowest BCUT2D eigenvalue weighted by Gasteiger charge is -2.01. The van der Waals surface area contributed by atoms with E-state index in [1.54, 1.807) is 6.07 Å². The summed E-state index contributed by atoms with van der Waals surface area (Å²) in [4.78, 5) is 0. The number of thioether (sulfide) groups is 1. The molecule has 0 aliphatic heterocycles. The lowest BCUT2D eigenvalue weighted by Crippen LogP contribution is -1.85. The highest BCUT2D eigenvalue weighted by Gasteiger charge is 2.10. The van der Waals surface area contributed by atoms with Crippen molar-refractivity contribution < 1.29 is 8.81 Å². The maximum Gasteiger partial charge on any atom is 0.277 e. The summed E-state index contributed by atoms with van der Waals surface area (Å²) >= 11 is 4.77. The summed E-state index contributed by atoms with van der Waals surface area (Å²) < 4.78 is 19.4. The minimum atomic E-state index is -0.264. The number of aromatic nitrogens is 2. The van der Waals surface area contributed by atoms with Gasteiger partial charge in [0.1, 0.15) is 5.82 Å². The molecule has 0 N–H and O–H groups in total. The van der Waals surface area contributed by atoms with Gasteiger partial charge in [-0.15, -0.1) is 10.2 Å². The first-order valence-corrected chi connectivity index (χ1v) is 8.37. The quantitative estimate of drug-likeness (QED) is 0.582. The van der Waals surface area contributed by atoms with Gasteiger partial charge in [-0.1, -0.05) is 51.5 Å². The van der Waals surface area contributed by atoms with Gasteiger partial charge >= 0.3 is 0 Å². The van der Waals surface area contributed by atoms with Crippen LogP contribution in [0.25, 0.3) is 11.5 Å². The van der Waals surface area contributed by atoms with Crippen LogP contribution in [-0.4, -0.2) is 10.2 Å². The lowest BCUT2D eigenvalue weighted by atomic mass is 10.1. The fourth-order valence-electron chi connectivity index (χ4n) is 1.86. The van der Waals surface area contributed by atoms with E-state index in [2.05, 4.69) is 26.1 Å². The first kappa shape index (κ1) is 15.2. The van der Waals surface area contributed by atoms with Gasteiger partial charge in [0.15, 0.2) is 0 Å². The largest absolute Gasteiger partial charge is 0.411 e. The van der Waals surface area contributed by atoms with E-state index >= 15 is 0 Å². The van der Waals surface area contributed by atoms with E-state index in [-0.39, 0.29) is 5.82 Å². The van der Waals surface area contributed by atoms with Crippen molar-refractivity contribution in [3.63, 3.8) is 0 Å². The molecule has 112 valence electrons. The Balaban J connectivity index is 1.70. The molecule has 0 fully saturated rings. The molecule has 1 heterocycles. The minimum absolute atomic E-state index is 0.264. The van der Waals surface area contributed by atoms with Crippen molar-refractivity contribution in [2.75, 3.05) is 0 Å². The topological polar surface area (TPSA) is 38.9 Å². The standard InChI is InChI=1S/C16H12BrFN2OS/c1-10-2-4-11(5-3-10)15-19-20-16(21-15)22-9-12-6-7-13(18)8-14(12)17/h2-8H,9H2,1H3. The Morgan fingerprint density at radius 1 is 1.14 bits per heavy atom. The molecule has 3 rings (SSSR count). The second kappa shape index (κ2) is 6.62. The predicted octanol–water partition coefficient (Wildman–Crippen LogP) is 5.24. The van der Waals surface area contributed by atoms with Crippen molar-refractivity contribution >= 4 is 27.7 Å². The van der Waals surface area contributed by atoms with Gasteiger partial charge in [0.05, 0.1) is 0 Å². The first-order chi connectivity index (χ1) is 10.6. The number of aryl methyl sites for hydroxylation is 1. The number of hydrogen-bond donors (Lipinski definition) is 0. The van der Waals surface area contributed by atoms with Gasteiger partial charge in [0, 0.05) is 15.8 Å². The normalized spacial score (nSPS) is 10.9. The van der Waals surface area contributed by atoms with E-state index < -0.39 is 0 Å². The highest BCUT2D eigenvalue weighted by atomic mass is 79.9. The minimum Gasteiger partial charge on any atom is -0.411 e. The molecule has 2 aromatic carbocycles. The summed E-state index contributed by atoms with van der Waals surface area (Å²) in [5.41, 5.74) is 3.05. The SMILES string of the molecule is Cc1ccc(-c2nnc(SCc3ccc(F)cc3Br)o2)cc1. The van der Waals surface area contributed by atoms with E-state index in [4.69, 9.17) is 4.42 Å². The molecule has 0 radical (unpaired) electrons. The second-order valence-electron chi connectivity index (χ2n) is 4.76. The molecule has 0 bridgehead atoms. The Hall–Kier alpha value is -1.66. The van der Waals surface area contributed by atoms with Crippen molar-refractivity contribution in [3.05, 3.63) is 63.9 Å². The Morgan fingerprint density at radius 2 is 1.91 bits per heavy atom. The van der Waals surface area contributed by atoms with Gasteiger partial charge in [-0.25, -0.2) is 4.39 Å². The summed E-state index contributed by atoms with van der Waals surface area (Å²) in [5.74, 6) is 0.858. The van der Waals surface area contributed by atoms with Crippen molar-refractivity contribution in [3.8, 4) is 11.5 Å². The third kappa shape index (κ3) is 3.56. The van der Waals surface area contributed by atoms with Crippen LogP contribution in [0, 0.1) is 12.7 Å². The van der Waals surface area contributed by atoms with E-state index in [1.807, 2.05) is 31.2 Å². The Morgan fingerprint density at radius 3 is 2.64 bits per heavy atom. The first-order valence-electron chi connectivity index (χ1n) is 6.59. The van der Waals surface area contributed by atoms with Crippen LogP contribution >= 0.6 is 27.7 Å². The molecular formula is C16H12BrFN2OS. The van der Waals surface area contributed by atoms with Crippen LogP contribution in [0.1, 0.15) is 11.1 Å². The fourth-order valence-corrected chi connectivity index (χ4v) is 3.30. The van der Waals surface area contributed by atoms with Crippen LogP contribution < -0.4 is 0 Å². The molecule has 0 aliphatic rings. The van der Waals surface area contributed by atoms with Crippen LogP contribution in [0.4, 0.5) is 4.39 Å². The van der Waals surface area contributed by atoms with Gasteiger partial charge in [-0.05, 0) is 36.8 Å². The molecule has 0 saturated heterocycles. The summed E-state index contributed by atoms with van der Waals surface area (Å²) in [5, 5.41) is 8.58. The number of hydrogen-bond acceptors (Lipinski definition) is 4. The molecule has 3 nitrogen and oxygen atoms in total. The van der Waals surface area contributed by atoms with Crippen LogP contribution in [-0.2, 0) is 5.75 Å². The van der Waals surface area contributed by atoms with Crippen molar-refractivity contribution in [2.45, 2.75) is 17.9 Å². The average Bonchev–Trinajstić information content (AvgIpc) is 2.96. The molecule has 22 heavy (non-hydrogen) atoms. The maximum atomic E-state index is 13.1. The molecule has 0 unspecified atom stereocenters. The molecule has 0 saturated carbocycles.